The van der Waals surface area contributed by atoms with E-state index >= 15 is 0 Å². The van der Waals surface area contributed by atoms with E-state index in [2.05, 4.69) is 20.6 Å². The molecule has 1 atom stereocenters. The minimum absolute atomic E-state index is 0.0497. The van der Waals surface area contributed by atoms with Gasteiger partial charge in [-0.15, -0.1) is 0 Å². The number of rotatable bonds is 10. The van der Waals surface area contributed by atoms with Crippen LogP contribution in [0.15, 0.2) is 102 Å². The number of nitrogens with zero attached hydrogens (tertiary/aromatic N) is 6. The summed E-state index contributed by atoms with van der Waals surface area (Å²) in [6, 6.07) is 29.1. The van der Waals surface area contributed by atoms with E-state index in [9.17, 15) is 9.59 Å². The number of benzene rings is 3. The van der Waals surface area contributed by atoms with E-state index in [1.807, 2.05) is 91.0 Å². The number of piperazine rings is 1. The van der Waals surface area contributed by atoms with E-state index in [0.29, 0.717) is 24.8 Å². The second-order valence-electron chi connectivity index (χ2n) is 10.4. The van der Waals surface area contributed by atoms with Crippen LogP contribution in [0.25, 0.3) is 22.3 Å². The molecule has 43 heavy (non-hydrogen) atoms. The van der Waals surface area contributed by atoms with Crippen LogP contribution in [-0.2, 0) is 29.2 Å². The number of carbonyl (C=O) groups is 2. The van der Waals surface area contributed by atoms with Crippen LogP contribution in [0.4, 0.5) is 0 Å². The van der Waals surface area contributed by atoms with Crippen molar-refractivity contribution in [2.24, 2.45) is 5.73 Å². The summed E-state index contributed by atoms with van der Waals surface area (Å²) in [5.41, 5.74) is 13.5. The van der Waals surface area contributed by atoms with E-state index in [1.165, 1.54) is 4.90 Å². The number of fused-ring (bicyclic) bond motifs is 1. The normalized spacial score (nSPS) is 15.4. The smallest absolute Gasteiger partial charge is 0.242 e. The predicted molar refractivity (Wildman–Crippen MR) is 160 cm³/mol. The summed E-state index contributed by atoms with van der Waals surface area (Å²) in [6.45, 7) is 1.12. The molecule has 11 heteroatoms. The number of pyridine rings is 1. The number of nitrogens with one attached hydrogen (secondary N) is 1. The van der Waals surface area contributed by atoms with Gasteiger partial charge in [0.25, 0.3) is 0 Å². The fourth-order valence-corrected chi connectivity index (χ4v) is 5.13. The van der Waals surface area contributed by atoms with Gasteiger partial charge in [-0.2, -0.15) is 4.98 Å². The van der Waals surface area contributed by atoms with Gasteiger partial charge in [-0.25, -0.2) is 10.4 Å². The molecule has 3 heterocycles. The van der Waals surface area contributed by atoms with Gasteiger partial charge in [-0.05, 0) is 23.3 Å². The first-order chi connectivity index (χ1) is 21.0. The Bertz CT molecular complexity index is 1690. The number of hydrogen-bond acceptors (Lipinski definition) is 9. The van der Waals surface area contributed by atoms with Crippen molar-refractivity contribution < 1.29 is 14.1 Å². The molecule has 1 fully saturated rings. The van der Waals surface area contributed by atoms with E-state index in [0.717, 1.165) is 27.6 Å². The predicted octanol–water partition coefficient (Wildman–Crippen LogP) is 2.95. The molecule has 3 aromatic carbocycles. The van der Waals surface area contributed by atoms with Crippen LogP contribution in [0.3, 0.4) is 0 Å². The summed E-state index contributed by atoms with van der Waals surface area (Å²) >= 11 is 0. The molecule has 3 N–H and O–H groups in total. The third kappa shape index (κ3) is 6.75. The van der Waals surface area contributed by atoms with Crippen molar-refractivity contribution >= 4 is 22.7 Å². The van der Waals surface area contributed by atoms with Crippen molar-refractivity contribution in [2.45, 2.75) is 25.8 Å². The number of amides is 2. The first-order valence-electron chi connectivity index (χ1n) is 14.1. The monoisotopic (exact) mass is 576 g/mol. The number of nitrogens with two attached hydrogens (primary N) is 1. The van der Waals surface area contributed by atoms with Crippen molar-refractivity contribution in [2.75, 3.05) is 19.6 Å². The van der Waals surface area contributed by atoms with E-state index in [1.54, 1.807) is 16.1 Å². The molecule has 1 saturated heterocycles. The number of aromatic nitrogens is 3. The van der Waals surface area contributed by atoms with Gasteiger partial charge in [0.15, 0.2) is 0 Å². The number of hydrazine groups is 1. The second kappa shape index (κ2) is 12.9. The highest BCUT2D eigenvalue weighted by Gasteiger charge is 2.34. The van der Waals surface area contributed by atoms with Gasteiger partial charge >= 0.3 is 0 Å². The Morgan fingerprint density at radius 3 is 2.60 bits per heavy atom. The minimum atomic E-state index is -0.651. The summed E-state index contributed by atoms with van der Waals surface area (Å²) in [5.74, 6) is 0.375. The zero-order valence-corrected chi connectivity index (χ0v) is 23.5. The third-order valence-corrected chi connectivity index (χ3v) is 7.39. The van der Waals surface area contributed by atoms with Crippen molar-refractivity contribution in [3.05, 3.63) is 114 Å². The van der Waals surface area contributed by atoms with Gasteiger partial charge in [0.1, 0.15) is 6.54 Å². The van der Waals surface area contributed by atoms with Crippen molar-refractivity contribution in [1.82, 2.24) is 35.4 Å². The van der Waals surface area contributed by atoms with Gasteiger partial charge < -0.3 is 20.1 Å². The van der Waals surface area contributed by atoms with Crippen molar-refractivity contribution in [3.63, 3.8) is 0 Å². The van der Waals surface area contributed by atoms with E-state index in [4.69, 9.17) is 10.3 Å². The maximum absolute atomic E-state index is 13.6. The first-order valence-corrected chi connectivity index (χ1v) is 14.1. The summed E-state index contributed by atoms with van der Waals surface area (Å²) < 4.78 is 5.51. The van der Waals surface area contributed by atoms with Crippen molar-refractivity contribution in [1.29, 1.82) is 0 Å². The number of carbonyl (C=O) groups excluding carboxylic acids is 2. The Balaban J connectivity index is 1.13. The van der Waals surface area contributed by atoms with Gasteiger partial charge in [0.05, 0.1) is 31.3 Å². The van der Waals surface area contributed by atoms with Crippen LogP contribution >= 0.6 is 0 Å². The largest absolute Gasteiger partial charge is 0.337 e. The second-order valence-corrected chi connectivity index (χ2v) is 10.4. The van der Waals surface area contributed by atoms with Crippen LogP contribution in [0.2, 0.25) is 0 Å². The van der Waals surface area contributed by atoms with Gasteiger partial charge in [-0.3, -0.25) is 14.6 Å². The molecule has 0 spiro atoms. The van der Waals surface area contributed by atoms with Crippen LogP contribution in [0.1, 0.15) is 17.0 Å². The molecule has 2 amide bonds. The molecule has 2 aromatic heterocycles. The lowest BCUT2D eigenvalue weighted by Crippen LogP contribution is -2.62. The molecule has 218 valence electrons. The highest BCUT2D eigenvalue weighted by Crippen LogP contribution is 2.21. The summed E-state index contributed by atoms with van der Waals surface area (Å²) in [7, 11) is 0. The molecule has 6 rings (SSSR count). The van der Waals surface area contributed by atoms with Gasteiger partial charge in [0.2, 0.25) is 23.5 Å². The molecular weight excluding hydrogens is 544 g/mol. The van der Waals surface area contributed by atoms with E-state index < -0.39 is 6.17 Å². The topological polar surface area (TPSA) is 134 Å². The lowest BCUT2D eigenvalue weighted by Gasteiger charge is -2.40. The van der Waals surface area contributed by atoms with Crippen LogP contribution in [0.5, 0.6) is 0 Å². The molecule has 11 nitrogen and oxygen atoms in total. The van der Waals surface area contributed by atoms with Crippen LogP contribution in [-0.4, -0.2) is 67.5 Å². The highest BCUT2D eigenvalue weighted by atomic mass is 16.5. The van der Waals surface area contributed by atoms with Crippen LogP contribution in [0, 0.1) is 0 Å². The highest BCUT2D eigenvalue weighted by molar-refractivity contribution is 5.88. The quantitative estimate of drug-likeness (QED) is 0.241. The Labute approximate surface area is 248 Å². The Kier molecular flexibility index (Phi) is 8.45. The summed E-state index contributed by atoms with van der Waals surface area (Å²) in [5, 5.41) is 6.80. The SMILES string of the molecule is NC1CN(Cc2cccc3ncccc23)C(=O)CN1C(=O)CN(Cc1nc(-c2ccccc2)no1)NCc1ccccc1. The van der Waals surface area contributed by atoms with Gasteiger partial charge in [0, 0.05) is 30.2 Å². The van der Waals surface area contributed by atoms with E-state index in [-0.39, 0.29) is 38.0 Å². The molecule has 5 aromatic rings. The molecule has 1 aliphatic rings. The average Bonchev–Trinajstić information content (AvgIpc) is 3.51. The number of hydrogen-bond donors (Lipinski definition) is 2. The maximum atomic E-state index is 13.6. The fraction of sp³-hybridized carbons (Fsp3) is 0.219. The summed E-state index contributed by atoms with van der Waals surface area (Å²) in [6.07, 6.45) is 1.10. The van der Waals surface area contributed by atoms with Crippen molar-refractivity contribution in [3.8, 4) is 11.4 Å². The molecule has 0 aliphatic carbocycles. The molecule has 0 radical (unpaired) electrons. The standard InChI is InChI=1S/C32H32N8O3/c33-28-19-38(18-25-13-7-15-27-26(25)14-8-16-34-27)30(41)22-40(28)31(42)21-39(35-17-23-9-3-1-4-10-23)20-29-36-32(37-43-29)24-11-5-2-6-12-24/h1-16,28,35H,17-22,33H2. The lowest BCUT2D eigenvalue weighted by molar-refractivity contribution is -0.150. The zero-order chi connectivity index (χ0) is 29.6. The Morgan fingerprint density at radius 1 is 1.00 bits per heavy atom. The molecular formula is C32H32N8O3. The first kappa shape index (κ1) is 28.2. The minimum Gasteiger partial charge on any atom is -0.337 e. The zero-order valence-electron chi connectivity index (χ0n) is 23.5. The molecule has 1 unspecified atom stereocenters. The van der Waals surface area contributed by atoms with Gasteiger partial charge in [-0.1, -0.05) is 84.0 Å². The molecule has 1 aliphatic heterocycles. The summed E-state index contributed by atoms with van der Waals surface area (Å²) in [4.78, 5) is 38.8. The average molecular weight is 577 g/mol. The Hall–Kier alpha value is -4.97. The molecule has 0 bridgehead atoms. The molecule has 0 saturated carbocycles. The lowest BCUT2D eigenvalue weighted by atomic mass is 10.1. The third-order valence-electron chi connectivity index (χ3n) is 7.39. The maximum Gasteiger partial charge on any atom is 0.242 e. The fourth-order valence-electron chi connectivity index (χ4n) is 5.13. The van der Waals surface area contributed by atoms with Crippen LogP contribution < -0.4 is 11.2 Å². The Morgan fingerprint density at radius 2 is 1.79 bits per heavy atom.